The standard InChI is InChI=1S/C11H21NO2/c1-8(2)5-9-6-11(3,12-7-9)10(13)14-4/h8-9,12H,5-7H2,1-4H3. The molecule has 0 aliphatic carbocycles. The van der Waals surface area contributed by atoms with Gasteiger partial charge in [-0.15, -0.1) is 0 Å². The molecule has 1 aliphatic heterocycles. The molecule has 1 fully saturated rings. The molecule has 1 saturated heterocycles. The van der Waals surface area contributed by atoms with Gasteiger partial charge in [0.05, 0.1) is 7.11 Å². The van der Waals surface area contributed by atoms with E-state index in [0.717, 1.165) is 13.0 Å². The summed E-state index contributed by atoms with van der Waals surface area (Å²) in [5, 5.41) is 3.26. The van der Waals surface area contributed by atoms with Crippen molar-refractivity contribution in [3.8, 4) is 0 Å². The zero-order valence-electron chi connectivity index (χ0n) is 9.59. The number of esters is 1. The van der Waals surface area contributed by atoms with E-state index in [1.165, 1.54) is 13.5 Å². The van der Waals surface area contributed by atoms with E-state index in [1.807, 2.05) is 6.92 Å². The van der Waals surface area contributed by atoms with Crippen molar-refractivity contribution in [2.45, 2.75) is 39.2 Å². The molecule has 1 rings (SSSR count). The van der Waals surface area contributed by atoms with E-state index in [0.29, 0.717) is 11.8 Å². The molecule has 0 radical (unpaired) electrons. The average Bonchev–Trinajstić information content (AvgIpc) is 2.46. The summed E-state index contributed by atoms with van der Waals surface area (Å²) >= 11 is 0. The minimum atomic E-state index is -0.450. The lowest BCUT2D eigenvalue weighted by Gasteiger charge is -2.21. The van der Waals surface area contributed by atoms with Gasteiger partial charge in [-0.2, -0.15) is 0 Å². The Balaban J connectivity index is 2.51. The summed E-state index contributed by atoms with van der Waals surface area (Å²) in [5.41, 5.74) is -0.450. The first-order chi connectivity index (χ1) is 6.48. The van der Waals surface area contributed by atoms with Crippen molar-refractivity contribution < 1.29 is 9.53 Å². The fourth-order valence-corrected chi connectivity index (χ4v) is 2.31. The highest BCUT2D eigenvalue weighted by Crippen LogP contribution is 2.29. The SMILES string of the molecule is COC(=O)C1(C)CC(CC(C)C)CN1. The number of rotatable bonds is 3. The third-order valence-electron chi connectivity index (χ3n) is 2.92. The molecule has 3 nitrogen and oxygen atoms in total. The number of carbonyl (C=O) groups excluding carboxylic acids is 1. The van der Waals surface area contributed by atoms with Crippen LogP contribution in [0.5, 0.6) is 0 Å². The van der Waals surface area contributed by atoms with Crippen LogP contribution in [0.2, 0.25) is 0 Å². The van der Waals surface area contributed by atoms with Gasteiger partial charge >= 0.3 is 5.97 Å². The Labute approximate surface area is 86.2 Å². The van der Waals surface area contributed by atoms with Gasteiger partial charge < -0.3 is 10.1 Å². The van der Waals surface area contributed by atoms with Crippen molar-refractivity contribution >= 4 is 5.97 Å². The molecule has 14 heavy (non-hydrogen) atoms. The van der Waals surface area contributed by atoms with E-state index in [9.17, 15) is 4.79 Å². The monoisotopic (exact) mass is 199 g/mol. The van der Waals surface area contributed by atoms with Crippen LogP contribution in [0.25, 0.3) is 0 Å². The average molecular weight is 199 g/mol. The zero-order chi connectivity index (χ0) is 10.8. The predicted octanol–water partition coefficient (Wildman–Crippen LogP) is 1.57. The zero-order valence-corrected chi connectivity index (χ0v) is 9.59. The lowest BCUT2D eigenvalue weighted by Crippen LogP contribution is -2.45. The molecule has 2 atom stereocenters. The lowest BCUT2D eigenvalue weighted by atomic mass is 9.89. The summed E-state index contributed by atoms with van der Waals surface area (Å²) < 4.78 is 4.79. The molecule has 82 valence electrons. The van der Waals surface area contributed by atoms with Crippen molar-refractivity contribution in [1.82, 2.24) is 5.32 Å². The summed E-state index contributed by atoms with van der Waals surface area (Å²) in [6, 6.07) is 0. The number of nitrogens with one attached hydrogen (secondary N) is 1. The normalized spacial score (nSPS) is 32.2. The number of methoxy groups -OCH3 is 1. The minimum absolute atomic E-state index is 0.135. The molecule has 0 amide bonds. The molecular formula is C11H21NO2. The van der Waals surface area contributed by atoms with Crippen molar-refractivity contribution in [1.29, 1.82) is 0 Å². The largest absolute Gasteiger partial charge is 0.468 e. The van der Waals surface area contributed by atoms with Gasteiger partial charge in [0.2, 0.25) is 0 Å². The van der Waals surface area contributed by atoms with E-state index in [1.54, 1.807) is 0 Å². The molecule has 1 aliphatic rings. The second kappa shape index (κ2) is 4.30. The number of hydrogen-bond donors (Lipinski definition) is 1. The molecule has 0 bridgehead atoms. The Kier molecular flexibility index (Phi) is 3.53. The molecule has 1 N–H and O–H groups in total. The minimum Gasteiger partial charge on any atom is -0.468 e. The Morgan fingerprint density at radius 2 is 2.29 bits per heavy atom. The maximum absolute atomic E-state index is 11.5. The Morgan fingerprint density at radius 1 is 1.64 bits per heavy atom. The molecule has 0 saturated carbocycles. The highest BCUT2D eigenvalue weighted by atomic mass is 16.5. The van der Waals surface area contributed by atoms with Crippen molar-refractivity contribution in [3.05, 3.63) is 0 Å². The molecule has 0 aromatic rings. The summed E-state index contributed by atoms with van der Waals surface area (Å²) in [6.07, 6.45) is 2.08. The van der Waals surface area contributed by atoms with Gasteiger partial charge in [-0.25, -0.2) is 0 Å². The third kappa shape index (κ3) is 2.47. The van der Waals surface area contributed by atoms with Gasteiger partial charge in [0.25, 0.3) is 0 Å². The van der Waals surface area contributed by atoms with Crippen LogP contribution in [0.3, 0.4) is 0 Å². The van der Waals surface area contributed by atoms with Crippen LogP contribution in [0.1, 0.15) is 33.6 Å². The van der Waals surface area contributed by atoms with Crippen LogP contribution in [-0.4, -0.2) is 25.2 Å². The van der Waals surface area contributed by atoms with Gasteiger partial charge in [0, 0.05) is 0 Å². The van der Waals surface area contributed by atoms with Gasteiger partial charge in [-0.05, 0) is 38.1 Å². The summed E-state index contributed by atoms with van der Waals surface area (Å²) in [7, 11) is 1.45. The smallest absolute Gasteiger partial charge is 0.325 e. The van der Waals surface area contributed by atoms with Crippen LogP contribution in [0.15, 0.2) is 0 Å². The summed E-state index contributed by atoms with van der Waals surface area (Å²) in [6.45, 7) is 7.30. The number of carbonyl (C=O) groups is 1. The fraction of sp³-hybridized carbons (Fsp3) is 0.909. The Morgan fingerprint density at radius 3 is 2.79 bits per heavy atom. The lowest BCUT2D eigenvalue weighted by molar-refractivity contribution is -0.147. The molecule has 3 heteroatoms. The van der Waals surface area contributed by atoms with Gasteiger partial charge in [-0.1, -0.05) is 13.8 Å². The van der Waals surface area contributed by atoms with E-state index < -0.39 is 5.54 Å². The predicted molar refractivity (Wildman–Crippen MR) is 56.0 cm³/mol. The highest BCUT2D eigenvalue weighted by molar-refractivity contribution is 5.80. The first kappa shape index (κ1) is 11.5. The van der Waals surface area contributed by atoms with Gasteiger partial charge in [0.1, 0.15) is 5.54 Å². The molecule has 0 aromatic carbocycles. The van der Waals surface area contributed by atoms with Crippen LogP contribution < -0.4 is 5.32 Å². The Bertz CT molecular complexity index is 215. The van der Waals surface area contributed by atoms with Gasteiger partial charge in [-0.3, -0.25) is 4.79 Å². The maximum atomic E-state index is 11.5. The summed E-state index contributed by atoms with van der Waals surface area (Å²) in [4.78, 5) is 11.5. The topological polar surface area (TPSA) is 38.3 Å². The third-order valence-corrected chi connectivity index (χ3v) is 2.92. The van der Waals surface area contributed by atoms with E-state index >= 15 is 0 Å². The highest BCUT2D eigenvalue weighted by Gasteiger charge is 2.41. The van der Waals surface area contributed by atoms with Crippen molar-refractivity contribution in [3.63, 3.8) is 0 Å². The van der Waals surface area contributed by atoms with E-state index in [4.69, 9.17) is 4.74 Å². The second-order valence-corrected chi connectivity index (χ2v) is 4.90. The van der Waals surface area contributed by atoms with Crippen molar-refractivity contribution in [2.75, 3.05) is 13.7 Å². The second-order valence-electron chi connectivity index (χ2n) is 4.90. The number of hydrogen-bond acceptors (Lipinski definition) is 3. The van der Waals surface area contributed by atoms with Crippen LogP contribution in [0, 0.1) is 11.8 Å². The maximum Gasteiger partial charge on any atom is 0.325 e. The molecule has 2 unspecified atom stereocenters. The first-order valence-electron chi connectivity index (χ1n) is 5.31. The Hall–Kier alpha value is -0.570. The molecular weight excluding hydrogens is 178 g/mol. The van der Waals surface area contributed by atoms with E-state index in [2.05, 4.69) is 19.2 Å². The van der Waals surface area contributed by atoms with Crippen LogP contribution >= 0.6 is 0 Å². The molecule has 0 spiro atoms. The van der Waals surface area contributed by atoms with Crippen LogP contribution in [-0.2, 0) is 9.53 Å². The van der Waals surface area contributed by atoms with Gasteiger partial charge in [0.15, 0.2) is 0 Å². The van der Waals surface area contributed by atoms with Crippen LogP contribution in [0.4, 0.5) is 0 Å². The van der Waals surface area contributed by atoms with Crippen molar-refractivity contribution in [2.24, 2.45) is 11.8 Å². The van der Waals surface area contributed by atoms with E-state index in [-0.39, 0.29) is 5.97 Å². The quantitative estimate of drug-likeness (QED) is 0.701. The number of ether oxygens (including phenoxy) is 1. The molecule has 0 aromatic heterocycles. The first-order valence-corrected chi connectivity index (χ1v) is 5.31. The molecule has 1 heterocycles. The fourth-order valence-electron chi connectivity index (χ4n) is 2.31. The summed E-state index contributed by atoms with van der Waals surface area (Å²) in [5.74, 6) is 1.17.